The normalized spacial score (nSPS) is 15.9. The summed E-state index contributed by atoms with van der Waals surface area (Å²) in [6.07, 6.45) is 1.73. The highest BCUT2D eigenvalue weighted by Crippen LogP contribution is 2.22. The monoisotopic (exact) mass is 420 g/mol. The van der Waals surface area contributed by atoms with E-state index in [-0.39, 0.29) is 24.1 Å². The van der Waals surface area contributed by atoms with Gasteiger partial charge in [0.25, 0.3) is 5.91 Å². The lowest BCUT2D eigenvalue weighted by Gasteiger charge is -2.15. The van der Waals surface area contributed by atoms with Gasteiger partial charge in [-0.25, -0.2) is 0 Å². The number of rotatable bonds is 6. The summed E-state index contributed by atoms with van der Waals surface area (Å²) in [5.74, 6) is -0.265. The minimum atomic E-state index is -0.426. The lowest BCUT2D eigenvalue weighted by molar-refractivity contribution is -0.128. The van der Waals surface area contributed by atoms with Gasteiger partial charge in [0.1, 0.15) is 5.76 Å². The lowest BCUT2D eigenvalue weighted by Crippen LogP contribution is -2.28. The third kappa shape index (κ3) is 4.53. The number of aryl methyl sites for hydroxylation is 2. The molecule has 3 amide bonds. The number of likely N-dealkylation sites (tertiary alicyclic amines) is 1. The number of amides is 3. The van der Waals surface area contributed by atoms with E-state index in [1.54, 1.807) is 52.2 Å². The molecule has 3 heterocycles. The molecule has 1 aliphatic heterocycles. The van der Waals surface area contributed by atoms with Crippen molar-refractivity contribution in [3.05, 3.63) is 77.5 Å². The number of nitrogens with zero attached hydrogens (tertiary/aromatic N) is 2. The largest absolute Gasteiger partial charge is 0.467 e. The number of carbonyl (C=O) groups excluding carboxylic acids is 3. The van der Waals surface area contributed by atoms with Crippen LogP contribution in [-0.2, 0) is 16.1 Å². The second-order valence-corrected chi connectivity index (χ2v) is 7.71. The molecule has 8 nitrogen and oxygen atoms in total. The second kappa shape index (κ2) is 8.51. The first-order valence-corrected chi connectivity index (χ1v) is 10.1. The molecular weight excluding hydrogens is 396 g/mol. The van der Waals surface area contributed by atoms with Gasteiger partial charge in [0.15, 0.2) is 0 Å². The molecule has 0 unspecified atom stereocenters. The van der Waals surface area contributed by atoms with Crippen LogP contribution in [0.4, 0.5) is 5.69 Å². The van der Waals surface area contributed by atoms with Crippen molar-refractivity contribution in [2.24, 2.45) is 5.92 Å². The molecule has 0 radical (unpaired) electrons. The van der Waals surface area contributed by atoms with Crippen LogP contribution in [0.5, 0.6) is 0 Å². The van der Waals surface area contributed by atoms with E-state index in [1.165, 1.54) is 0 Å². The summed E-state index contributed by atoms with van der Waals surface area (Å²) in [7, 11) is 0. The summed E-state index contributed by atoms with van der Waals surface area (Å²) >= 11 is 0. The van der Waals surface area contributed by atoms with Gasteiger partial charge in [-0.05, 0) is 62.4 Å². The van der Waals surface area contributed by atoms with Crippen molar-refractivity contribution in [3.8, 4) is 0 Å². The maximum atomic E-state index is 12.6. The molecule has 0 aliphatic carbocycles. The molecule has 1 fully saturated rings. The molecule has 8 heteroatoms. The maximum Gasteiger partial charge on any atom is 0.270 e. The Hall–Kier alpha value is -3.81. The summed E-state index contributed by atoms with van der Waals surface area (Å²) in [4.78, 5) is 39.0. The van der Waals surface area contributed by atoms with Crippen molar-refractivity contribution < 1.29 is 18.8 Å². The van der Waals surface area contributed by atoms with Crippen LogP contribution in [0, 0.1) is 19.8 Å². The third-order valence-electron chi connectivity index (χ3n) is 5.41. The standard InChI is InChI=1S/C23H24N4O4/c1-15-5-6-16(2)27(15)25-23(30)17-7-9-19(10-8-17)24-22(29)18-12-21(28)26(13-18)14-20-4-3-11-31-20/h3-11,18H,12-14H2,1-2H3,(H,24,29)(H,25,30)/t18-/m1/s1. The number of aromatic nitrogens is 1. The van der Waals surface area contributed by atoms with Crippen LogP contribution in [0.1, 0.15) is 33.9 Å². The SMILES string of the molecule is Cc1ccc(C)n1NC(=O)c1ccc(NC(=O)[C@@H]2CC(=O)N(Cc3ccco3)C2)cc1. The van der Waals surface area contributed by atoms with E-state index in [9.17, 15) is 14.4 Å². The van der Waals surface area contributed by atoms with Gasteiger partial charge in [-0.2, -0.15) is 0 Å². The Labute approximate surface area is 179 Å². The van der Waals surface area contributed by atoms with Gasteiger partial charge in [-0.3, -0.25) is 24.5 Å². The van der Waals surface area contributed by atoms with Crippen molar-refractivity contribution >= 4 is 23.4 Å². The first-order valence-electron chi connectivity index (χ1n) is 10.1. The van der Waals surface area contributed by atoms with E-state index in [2.05, 4.69) is 10.7 Å². The van der Waals surface area contributed by atoms with Crippen LogP contribution in [0.2, 0.25) is 0 Å². The zero-order chi connectivity index (χ0) is 22.0. The Morgan fingerprint density at radius 3 is 2.42 bits per heavy atom. The number of furan rings is 1. The molecule has 1 saturated heterocycles. The fraction of sp³-hybridized carbons (Fsp3) is 0.261. The van der Waals surface area contributed by atoms with E-state index in [0.717, 1.165) is 11.4 Å². The van der Waals surface area contributed by atoms with E-state index in [4.69, 9.17) is 4.42 Å². The molecule has 4 rings (SSSR count). The van der Waals surface area contributed by atoms with Crippen molar-refractivity contribution in [1.82, 2.24) is 9.58 Å². The van der Waals surface area contributed by atoms with Gasteiger partial charge in [0.05, 0.1) is 18.7 Å². The molecule has 0 spiro atoms. The first-order chi connectivity index (χ1) is 14.9. The molecule has 0 saturated carbocycles. The first kappa shape index (κ1) is 20.5. The van der Waals surface area contributed by atoms with Crippen molar-refractivity contribution in [3.63, 3.8) is 0 Å². The molecule has 31 heavy (non-hydrogen) atoms. The van der Waals surface area contributed by atoms with E-state index in [0.29, 0.717) is 30.1 Å². The van der Waals surface area contributed by atoms with Crippen LogP contribution in [0.3, 0.4) is 0 Å². The Morgan fingerprint density at radius 2 is 1.77 bits per heavy atom. The van der Waals surface area contributed by atoms with Gasteiger partial charge in [-0.15, -0.1) is 0 Å². The Kier molecular flexibility index (Phi) is 5.62. The molecule has 160 valence electrons. The fourth-order valence-corrected chi connectivity index (χ4v) is 3.65. The predicted molar refractivity (Wildman–Crippen MR) is 115 cm³/mol. The molecule has 1 aromatic carbocycles. The Balaban J connectivity index is 1.34. The van der Waals surface area contributed by atoms with Gasteiger partial charge >= 0.3 is 0 Å². The topological polar surface area (TPSA) is 96.6 Å². The van der Waals surface area contributed by atoms with Crippen molar-refractivity contribution in [2.75, 3.05) is 17.3 Å². The number of carbonyl (C=O) groups is 3. The Morgan fingerprint density at radius 1 is 1.06 bits per heavy atom. The summed E-state index contributed by atoms with van der Waals surface area (Å²) < 4.78 is 7.01. The van der Waals surface area contributed by atoms with E-state index >= 15 is 0 Å². The van der Waals surface area contributed by atoms with E-state index in [1.807, 2.05) is 26.0 Å². The quantitative estimate of drug-likeness (QED) is 0.641. The highest BCUT2D eigenvalue weighted by Gasteiger charge is 2.34. The van der Waals surface area contributed by atoms with Crippen LogP contribution in [-0.4, -0.2) is 33.8 Å². The average molecular weight is 420 g/mol. The fourth-order valence-electron chi connectivity index (χ4n) is 3.65. The van der Waals surface area contributed by atoms with Gasteiger partial charge in [0.2, 0.25) is 11.8 Å². The molecule has 1 aliphatic rings. The minimum Gasteiger partial charge on any atom is -0.467 e. The summed E-state index contributed by atoms with van der Waals surface area (Å²) in [6, 6.07) is 14.1. The molecular formula is C23H24N4O4. The third-order valence-corrected chi connectivity index (χ3v) is 5.41. The van der Waals surface area contributed by atoms with E-state index < -0.39 is 5.92 Å². The zero-order valence-electron chi connectivity index (χ0n) is 17.4. The predicted octanol–water partition coefficient (Wildman–Crippen LogP) is 3.07. The highest BCUT2D eigenvalue weighted by molar-refractivity contribution is 6.01. The zero-order valence-corrected chi connectivity index (χ0v) is 17.4. The second-order valence-electron chi connectivity index (χ2n) is 7.71. The maximum absolute atomic E-state index is 12.6. The molecule has 2 N–H and O–H groups in total. The number of nitrogens with one attached hydrogen (secondary N) is 2. The van der Waals surface area contributed by atoms with Crippen molar-refractivity contribution in [1.29, 1.82) is 0 Å². The highest BCUT2D eigenvalue weighted by atomic mass is 16.3. The smallest absolute Gasteiger partial charge is 0.270 e. The minimum absolute atomic E-state index is 0.0702. The molecule has 2 aromatic heterocycles. The number of hydrogen-bond acceptors (Lipinski definition) is 4. The molecule has 0 bridgehead atoms. The van der Waals surface area contributed by atoms with Crippen LogP contribution in [0.25, 0.3) is 0 Å². The summed E-state index contributed by atoms with van der Waals surface area (Å²) in [5, 5.41) is 2.84. The molecule has 3 aromatic rings. The average Bonchev–Trinajstić information content (AvgIpc) is 3.47. The number of hydrogen-bond donors (Lipinski definition) is 2. The Bertz CT molecular complexity index is 1080. The van der Waals surface area contributed by atoms with Gasteiger partial charge in [-0.1, -0.05) is 0 Å². The number of benzene rings is 1. The summed E-state index contributed by atoms with van der Waals surface area (Å²) in [5.41, 5.74) is 5.77. The van der Waals surface area contributed by atoms with Gasteiger partial charge < -0.3 is 14.6 Å². The van der Waals surface area contributed by atoms with Crippen molar-refractivity contribution in [2.45, 2.75) is 26.8 Å². The summed E-state index contributed by atoms with van der Waals surface area (Å²) in [6.45, 7) is 4.53. The van der Waals surface area contributed by atoms with Crippen LogP contribution >= 0.6 is 0 Å². The molecule has 1 atom stereocenters. The van der Waals surface area contributed by atoms with Gasteiger partial charge in [0, 0.05) is 35.6 Å². The van der Waals surface area contributed by atoms with Crippen LogP contribution in [0.15, 0.2) is 59.2 Å². The lowest BCUT2D eigenvalue weighted by atomic mass is 10.1. The van der Waals surface area contributed by atoms with Crippen LogP contribution < -0.4 is 10.7 Å². The number of anilines is 1.